The molecule has 2 rings (SSSR count). The van der Waals surface area contributed by atoms with E-state index < -0.39 is 0 Å². The molecule has 0 saturated carbocycles. The molecule has 13 heavy (non-hydrogen) atoms. The van der Waals surface area contributed by atoms with Gasteiger partial charge in [0.15, 0.2) is 0 Å². The molecule has 0 N–H and O–H groups in total. The maximum atomic E-state index is 5.33. The Balaban J connectivity index is 2.60. The third-order valence-electron chi connectivity index (χ3n) is 2.60. The molecule has 68 valence electrons. The molecule has 0 spiro atoms. The van der Waals surface area contributed by atoms with Crippen LogP contribution in [0.15, 0.2) is 17.7 Å². The molecule has 0 aliphatic heterocycles. The van der Waals surface area contributed by atoms with Crippen molar-refractivity contribution in [2.24, 2.45) is 0 Å². The van der Waals surface area contributed by atoms with E-state index in [2.05, 4.69) is 32.1 Å². The minimum Gasteiger partial charge on any atom is -0.496 e. The average Bonchev–Trinajstić information content (AvgIpc) is 2.48. The lowest BCUT2D eigenvalue weighted by Gasteiger charge is -2.08. The third kappa shape index (κ3) is 1.24. The smallest absolute Gasteiger partial charge is 0.122 e. The molecule has 1 aromatic carbocycles. The summed E-state index contributed by atoms with van der Waals surface area (Å²) in [5.41, 5.74) is 5.46. The molecule has 1 heteroatoms. The Labute approximate surface area is 79.0 Å². The first-order valence-corrected chi connectivity index (χ1v) is 4.56. The maximum absolute atomic E-state index is 5.33. The average molecular weight is 174 g/mol. The SMILES string of the molecule is COc1ccc(C)c2c1CC(C)=C2. The van der Waals surface area contributed by atoms with Crippen LogP contribution in [-0.4, -0.2) is 7.11 Å². The van der Waals surface area contributed by atoms with Crippen molar-refractivity contribution in [2.45, 2.75) is 20.3 Å². The van der Waals surface area contributed by atoms with Crippen molar-refractivity contribution >= 4 is 6.08 Å². The Bertz CT molecular complexity index is 375. The summed E-state index contributed by atoms with van der Waals surface area (Å²) in [6, 6.07) is 4.17. The van der Waals surface area contributed by atoms with Crippen LogP contribution in [0.3, 0.4) is 0 Å². The van der Waals surface area contributed by atoms with Gasteiger partial charge in [-0.05, 0) is 37.5 Å². The summed E-state index contributed by atoms with van der Waals surface area (Å²) < 4.78 is 5.33. The van der Waals surface area contributed by atoms with E-state index in [-0.39, 0.29) is 0 Å². The fraction of sp³-hybridized carbons (Fsp3) is 0.333. The van der Waals surface area contributed by atoms with Crippen LogP contribution >= 0.6 is 0 Å². The molecule has 1 aliphatic rings. The molecule has 0 bridgehead atoms. The number of ether oxygens (including phenoxy) is 1. The molecular formula is C12H14O. The van der Waals surface area contributed by atoms with Crippen molar-refractivity contribution in [3.05, 3.63) is 34.4 Å². The molecule has 0 radical (unpaired) electrons. The Morgan fingerprint density at radius 3 is 2.69 bits per heavy atom. The van der Waals surface area contributed by atoms with E-state index in [4.69, 9.17) is 4.74 Å². The lowest BCUT2D eigenvalue weighted by atomic mass is 10.0. The lowest BCUT2D eigenvalue weighted by molar-refractivity contribution is 0.410. The monoisotopic (exact) mass is 174 g/mol. The third-order valence-corrected chi connectivity index (χ3v) is 2.60. The van der Waals surface area contributed by atoms with Gasteiger partial charge >= 0.3 is 0 Å². The molecule has 1 aromatic rings. The molecule has 1 nitrogen and oxygen atoms in total. The van der Waals surface area contributed by atoms with Gasteiger partial charge in [-0.25, -0.2) is 0 Å². The van der Waals surface area contributed by atoms with Gasteiger partial charge in [-0.15, -0.1) is 0 Å². The van der Waals surface area contributed by atoms with Gasteiger partial charge in [-0.2, -0.15) is 0 Å². The van der Waals surface area contributed by atoms with Gasteiger partial charge in [-0.1, -0.05) is 17.7 Å². The van der Waals surface area contributed by atoms with E-state index in [1.807, 2.05) is 0 Å². The van der Waals surface area contributed by atoms with Crippen LogP contribution in [0.4, 0.5) is 0 Å². The van der Waals surface area contributed by atoms with Crippen molar-refractivity contribution in [3.63, 3.8) is 0 Å². The van der Waals surface area contributed by atoms with Crippen molar-refractivity contribution in [2.75, 3.05) is 7.11 Å². The van der Waals surface area contributed by atoms with Crippen LogP contribution in [-0.2, 0) is 6.42 Å². The highest BCUT2D eigenvalue weighted by Crippen LogP contribution is 2.34. The fourth-order valence-electron chi connectivity index (χ4n) is 1.91. The molecule has 0 amide bonds. The Morgan fingerprint density at radius 2 is 2.00 bits per heavy atom. The van der Waals surface area contributed by atoms with Crippen molar-refractivity contribution in [1.82, 2.24) is 0 Å². The van der Waals surface area contributed by atoms with Crippen LogP contribution in [0.1, 0.15) is 23.6 Å². The normalized spacial score (nSPS) is 13.9. The molecule has 0 saturated heterocycles. The van der Waals surface area contributed by atoms with Gasteiger partial charge in [0.05, 0.1) is 7.11 Å². The minimum atomic E-state index is 1.02. The summed E-state index contributed by atoms with van der Waals surface area (Å²) in [5.74, 6) is 1.02. The van der Waals surface area contributed by atoms with E-state index in [0.717, 1.165) is 12.2 Å². The molecular weight excluding hydrogens is 160 g/mol. The fourth-order valence-corrected chi connectivity index (χ4v) is 1.91. The zero-order valence-electron chi connectivity index (χ0n) is 8.35. The molecule has 0 heterocycles. The van der Waals surface area contributed by atoms with E-state index in [0.29, 0.717) is 0 Å². The van der Waals surface area contributed by atoms with Crippen molar-refractivity contribution < 1.29 is 4.74 Å². The number of methoxy groups -OCH3 is 1. The largest absolute Gasteiger partial charge is 0.496 e. The second kappa shape index (κ2) is 2.91. The molecule has 0 atom stereocenters. The van der Waals surface area contributed by atoms with Gasteiger partial charge in [0.1, 0.15) is 5.75 Å². The summed E-state index contributed by atoms with van der Waals surface area (Å²) in [7, 11) is 1.73. The second-order valence-corrected chi connectivity index (χ2v) is 3.64. The zero-order valence-corrected chi connectivity index (χ0v) is 8.35. The van der Waals surface area contributed by atoms with Gasteiger partial charge in [0, 0.05) is 5.56 Å². The quantitative estimate of drug-likeness (QED) is 0.636. The second-order valence-electron chi connectivity index (χ2n) is 3.64. The van der Waals surface area contributed by atoms with Crippen LogP contribution < -0.4 is 4.74 Å². The van der Waals surface area contributed by atoms with Crippen LogP contribution in [0.25, 0.3) is 6.08 Å². The number of fused-ring (bicyclic) bond motifs is 1. The first-order chi connectivity index (χ1) is 6.22. The van der Waals surface area contributed by atoms with E-state index in [1.165, 1.54) is 22.3 Å². The van der Waals surface area contributed by atoms with E-state index >= 15 is 0 Å². The summed E-state index contributed by atoms with van der Waals surface area (Å²) >= 11 is 0. The molecule has 0 aromatic heterocycles. The van der Waals surface area contributed by atoms with Crippen molar-refractivity contribution in [1.29, 1.82) is 0 Å². The standard InChI is InChI=1S/C12H14O/c1-8-6-10-9(2)4-5-12(13-3)11(10)7-8/h4-6H,7H2,1-3H3. The predicted octanol–water partition coefficient (Wildman–Crippen LogP) is 2.96. The van der Waals surface area contributed by atoms with Gasteiger partial charge in [0.25, 0.3) is 0 Å². The van der Waals surface area contributed by atoms with Crippen LogP contribution in [0, 0.1) is 6.92 Å². The molecule has 0 unspecified atom stereocenters. The van der Waals surface area contributed by atoms with Gasteiger partial charge in [-0.3, -0.25) is 0 Å². The number of hydrogen-bond donors (Lipinski definition) is 0. The highest BCUT2D eigenvalue weighted by atomic mass is 16.5. The molecule has 0 fully saturated rings. The number of hydrogen-bond acceptors (Lipinski definition) is 1. The first-order valence-electron chi connectivity index (χ1n) is 4.56. The Kier molecular flexibility index (Phi) is 1.87. The Morgan fingerprint density at radius 1 is 1.23 bits per heavy atom. The lowest BCUT2D eigenvalue weighted by Crippen LogP contribution is -1.93. The highest BCUT2D eigenvalue weighted by molar-refractivity contribution is 5.69. The topological polar surface area (TPSA) is 9.23 Å². The Hall–Kier alpha value is -1.24. The number of aryl methyl sites for hydroxylation is 1. The molecule has 1 aliphatic carbocycles. The number of allylic oxidation sites excluding steroid dienone is 1. The first kappa shape index (κ1) is 8.36. The van der Waals surface area contributed by atoms with Gasteiger partial charge < -0.3 is 4.74 Å². The van der Waals surface area contributed by atoms with Gasteiger partial charge in [0.2, 0.25) is 0 Å². The van der Waals surface area contributed by atoms with E-state index in [1.54, 1.807) is 7.11 Å². The summed E-state index contributed by atoms with van der Waals surface area (Å²) in [4.78, 5) is 0. The number of benzene rings is 1. The van der Waals surface area contributed by atoms with Crippen LogP contribution in [0.5, 0.6) is 5.75 Å². The van der Waals surface area contributed by atoms with E-state index in [9.17, 15) is 0 Å². The summed E-state index contributed by atoms with van der Waals surface area (Å²) in [5, 5.41) is 0. The summed E-state index contributed by atoms with van der Waals surface area (Å²) in [6.45, 7) is 4.31. The van der Waals surface area contributed by atoms with Crippen molar-refractivity contribution in [3.8, 4) is 5.75 Å². The van der Waals surface area contributed by atoms with Crippen LogP contribution in [0.2, 0.25) is 0 Å². The zero-order chi connectivity index (χ0) is 9.42. The predicted molar refractivity (Wildman–Crippen MR) is 55.1 cm³/mol. The minimum absolute atomic E-state index is 1.02. The summed E-state index contributed by atoms with van der Waals surface area (Å²) in [6.07, 6.45) is 3.30. The maximum Gasteiger partial charge on any atom is 0.122 e. The highest BCUT2D eigenvalue weighted by Gasteiger charge is 2.15. The number of rotatable bonds is 1.